The molecule has 4 aromatic heterocycles. The van der Waals surface area contributed by atoms with Gasteiger partial charge in [0.1, 0.15) is 0 Å². The van der Waals surface area contributed by atoms with E-state index in [1.54, 1.807) is 0 Å². The quantitative estimate of drug-likeness (QED) is 0.187. The highest BCUT2D eigenvalue weighted by atomic mass is 32.1. The lowest BCUT2D eigenvalue weighted by Gasteiger charge is -2.13. The number of nitrogens with zero attached hydrogens (tertiary/aromatic N) is 5. The van der Waals surface area contributed by atoms with E-state index >= 15 is 0 Å². The van der Waals surface area contributed by atoms with Gasteiger partial charge in [-0.05, 0) is 42.5 Å². The Bertz CT molecular complexity index is 3100. The molecule has 0 bridgehead atoms. The molecule has 0 aliphatic carbocycles. The van der Waals surface area contributed by atoms with Gasteiger partial charge in [-0.15, -0.1) is 11.3 Å². The average Bonchev–Trinajstić information content (AvgIpc) is 3.86. The fourth-order valence-electron chi connectivity index (χ4n) is 7.77. The topological polar surface area (TPSA) is 48.5 Å². The predicted octanol–water partition coefficient (Wildman–Crippen LogP) is 11.8. The van der Waals surface area contributed by atoms with Crippen LogP contribution in [0.25, 0.3) is 98.2 Å². The Kier molecular flexibility index (Phi) is 6.05. The monoisotopic (exact) mass is 669 g/mol. The molecule has 5 nitrogen and oxygen atoms in total. The molecule has 238 valence electrons. The summed E-state index contributed by atoms with van der Waals surface area (Å²) in [5, 5.41) is 7.26. The van der Waals surface area contributed by atoms with Crippen molar-refractivity contribution in [3.8, 4) is 34.4 Å². The molecule has 0 N–H and O–H groups in total. The molecule has 6 heteroatoms. The molecule has 0 radical (unpaired) electrons. The summed E-state index contributed by atoms with van der Waals surface area (Å²) in [4.78, 5) is 15.7. The first-order valence-electron chi connectivity index (χ1n) is 17.0. The third-order valence-electron chi connectivity index (χ3n) is 9.97. The van der Waals surface area contributed by atoms with Crippen LogP contribution in [0.2, 0.25) is 0 Å². The van der Waals surface area contributed by atoms with Crippen molar-refractivity contribution in [1.29, 1.82) is 0 Å². The normalized spacial score (nSPS) is 11.9. The van der Waals surface area contributed by atoms with Crippen LogP contribution in [0.1, 0.15) is 0 Å². The van der Waals surface area contributed by atoms with E-state index in [4.69, 9.17) is 15.0 Å². The Morgan fingerprint density at radius 1 is 0.392 bits per heavy atom. The lowest BCUT2D eigenvalue weighted by Crippen LogP contribution is -2.06. The van der Waals surface area contributed by atoms with E-state index in [-0.39, 0.29) is 0 Å². The van der Waals surface area contributed by atoms with E-state index in [0.717, 1.165) is 38.9 Å². The van der Waals surface area contributed by atoms with Gasteiger partial charge in [-0.25, -0.2) is 4.98 Å². The first kappa shape index (κ1) is 28.2. The molecule has 51 heavy (non-hydrogen) atoms. The minimum Gasteiger partial charge on any atom is -0.309 e. The minimum atomic E-state index is 0.593. The van der Waals surface area contributed by atoms with Crippen molar-refractivity contribution in [2.75, 3.05) is 0 Å². The third-order valence-corrected chi connectivity index (χ3v) is 11.1. The minimum absolute atomic E-state index is 0.593. The standard InChI is InChI=1S/C45H27N5S/c1-2-13-28(14-3-1)43-46-44(29-15-12-16-30(27-29)49-36-21-8-4-17-31(36)32-18-5-9-22-37(32)49)48-45(47-43)50-38-23-10-6-19-33(38)34-25-26-40-41(42(34)50)35-20-7-11-24-39(35)51-40/h1-27H. The van der Waals surface area contributed by atoms with E-state index in [9.17, 15) is 0 Å². The fourth-order valence-corrected chi connectivity index (χ4v) is 8.88. The molecule has 0 fully saturated rings. The van der Waals surface area contributed by atoms with Crippen molar-refractivity contribution in [2.24, 2.45) is 0 Å². The predicted molar refractivity (Wildman–Crippen MR) is 212 cm³/mol. The largest absolute Gasteiger partial charge is 0.309 e. The Balaban J connectivity index is 1.21. The van der Waals surface area contributed by atoms with Gasteiger partial charge in [0.05, 0.1) is 22.1 Å². The maximum atomic E-state index is 5.33. The summed E-state index contributed by atoms with van der Waals surface area (Å²) < 4.78 is 7.09. The molecule has 0 aliphatic rings. The van der Waals surface area contributed by atoms with E-state index < -0.39 is 0 Å². The van der Waals surface area contributed by atoms with Gasteiger partial charge in [0, 0.05) is 58.5 Å². The van der Waals surface area contributed by atoms with Gasteiger partial charge in [0.2, 0.25) is 5.95 Å². The van der Waals surface area contributed by atoms with Crippen LogP contribution in [0.15, 0.2) is 164 Å². The number of aromatic nitrogens is 5. The zero-order valence-electron chi connectivity index (χ0n) is 27.2. The summed E-state index contributed by atoms with van der Waals surface area (Å²) >= 11 is 1.82. The molecular formula is C45H27N5S. The number of hydrogen-bond acceptors (Lipinski definition) is 4. The zero-order valence-corrected chi connectivity index (χ0v) is 28.0. The van der Waals surface area contributed by atoms with Crippen LogP contribution in [0.4, 0.5) is 0 Å². The second kappa shape index (κ2) is 10.9. The molecule has 11 rings (SSSR count). The maximum Gasteiger partial charge on any atom is 0.238 e. The van der Waals surface area contributed by atoms with E-state index in [1.807, 2.05) is 29.5 Å². The molecule has 0 saturated heterocycles. The van der Waals surface area contributed by atoms with E-state index in [2.05, 4.69) is 155 Å². The number of thiophene rings is 1. The second-order valence-corrected chi connectivity index (χ2v) is 13.9. The summed E-state index contributed by atoms with van der Waals surface area (Å²) in [6.07, 6.45) is 0. The number of benzene rings is 7. The highest BCUT2D eigenvalue weighted by molar-refractivity contribution is 7.26. The van der Waals surface area contributed by atoms with Gasteiger partial charge in [0.25, 0.3) is 0 Å². The molecule has 0 atom stereocenters. The highest BCUT2D eigenvalue weighted by Crippen LogP contribution is 2.43. The van der Waals surface area contributed by atoms with Crippen LogP contribution in [0.3, 0.4) is 0 Å². The van der Waals surface area contributed by atoms with Gasteiger partial charge in [0.15, 0.2) is 11.6 Å². The Morgan fingerprint density at radius 2 is 0.961 bits per heavy atom. The molecule has 0 aliphatic heterocycles. The second-order valence-electron chi connectivity index (χ2n) is 12.9. The number of hydrogen-bond donors (Lipinski definition) is 0. The lowest BCUT2D eigenvalue weighted by atomic mass is 10.1. The van der Waals surface area contributed by atoms with Gasteiger partial charge in [-0.3, -0.25) is 4.57 Å². The molecular weight excluding hydrogens is 643 g/mol. The lowest BCUT2D eigenvalue weighted by molar-refractivity contribution is 0.955. The van der Waals surface area contributed by atoms with Gasteiger partial charge in [-0.1, -0.05) is 121 Å². The Morgan fingerprint density at radius 3 is 1.69 bits per heavy atom. The molecule has 0 unspecified atom stereocenters. The summed E-state index contributed by atoms with van der Waals surface area (Å²) in [6, 6.07) is 57.7. The maximum absolute atomic E-state index is 5.33. The molecule has 4 heterocycles. The summed E-state index contributed by atoms with van der Waals surface area (Å²) in [5.74, 6) is 1.84. The van der Waals surface area contributed by atoms with Gasteiger partial charge >= 0.3 is 0 Å². The van der Waals surface area contributed by atoms with Crippen LogP contribution in [-0.4, -0.2) is 24.1 Å². The smallest absolute Gasteiger partial charge is 0.238 e. The zero-order chi connectivity index (χ0) is 33.5. The fraction of sp³-hybridized carbons (Fsp3) is 0. The van der Waals surface area contributed by atoms with Gasteiger partial charge in [-0.2, -0.15) is 9.97 Å². The van der Waals surface area contributed by atoms with Crippen LogP contribution in [0.5, 0.6) is 0 Å². The van der Waals surface area contributed by atoms with Crippen molar-refractivity contribution in [3.63, 3.8) is 0 Å². The van der Waals surface area contributed by atoms with Crippen molar-refractivity contribution in [1.82, 2.24) is 24.1 Å². The summed E-state index contributed by atoms with van der Waals surface area (Å²) in [6.45, 7) is 0. The number of rotatable bonds is 4. The van der Waals surface area contributed by atoms with Gasteiger partial charge < -0.3 is 4.57 Å². The first-order chi connectivity index (χ1) is 25.3. The van der Waals surface area contributed by atoms with Crippen LogP contribution in [-0.2, 0) is 0 Å². The highest BCUT2D eigenvalue weighted by Gasteiger charge is 2.21. The van der Waals surface area contributed by atoms with Crippen molar-refractivity contribution < 1.29 is 0 Å². The van der Waals surface area contributed by atoms with Crippen LogP contribution in [0, 0.1) is 0 Å². The van der Waals surface area contributed by atoms with Crippen molar-refractivity contribution in [3.05, 3.63) is 164 Å². The van der Waals surface area contributed by atoms with E-state index in [1.165, 1.54) is 41.7 Å². The third kappa shape index (κ3) is 4.24. The Hall–Kier alpha value is -6.63. The summed E-state index contributed by atoms with van der Waals surface area (Å²) in [5.41, 5.74) is 7.40. The molecule has 7 aromatic carbocycles. The van der Waals surface area contributed by atoms with Crippen molar-refractivity contribution in [2.45, 2.75) is 0 Å². The number of para-hydroxylation sites is 3. The average molecular weight is 670 g/mol. The molecule has 0 saturated carbocycles. The van der Waals surface area contributed by atoms with Crippen molar-refractivity contribution >= 4 is 75.1 Å². The molecule has 11 aromatic rings. The SMILES string of the molecule is c1ccc(-c2nc(-c3cccc(-n4c5ccccc5c5ccccc54)c3)nc(-n3c4ccccc4c4ccc5sc6ccccc6c5c43)n2)cc1. The number of fused-ring (bicyclic) bond motifs is 10. The summed E-state index contributed by atoms with van der Waals surface area (Å²) in [7, 11) is 0. The van der Waals surface area contributed by atoms with Crippen LogP contribution < -0.4 is 0 Å². The molecule has 0 amide bonds. The van der Waals surface area contributed by atoms with E-state index in [0.29, 0.717) is 17.6 Å². The van der Waals surface area contributed by atoms with Crippen LogP contribution >= 0.6 is 11.3 Å². The molecule has 0 spiro atoms. The first-order valence-corrected chi connectivity index (χ1v) is 17.9. The Labute approximate surface area is 296 Å².